The molecule has 1 nitrogen and oxygen atoms in total. The first-order chi connectivity index (χ1) is 9.84. The highest BCUT2D eigenvalue weighted by molar-refractivity contribution is 7.13. The molecule has 0 fully saturated rings. The van der Waals surface area contributed by atoms with Crippen molar-refractivity contribution in [1.82, 2.24) is 0 Å². The molecule has 1 aromatic heterocycles. The van der Waals surface area contributed by atoms with Gasteiger partial charge in [0, 0.05) is 28.2 Å². The quantitative estimate of drug-likeness (QED) is 0.697. The molecule has 0 unspecified atom stereocenters. The van der Waals surface area contributed by atoms with Gasteiger partial charge in [0.25, 0.3) is 0 Å². The molecule has 0 saturated carbocycles. The van der Waals surface area contributed by atoms with Gasteiger partial charge in [-0.25, -0.2) is 4.39 Å². The van der Waals surface area contributed by atoms with E-state index < -0.39 is 0 Å². The van der Waals surface area contributed by atoms with E-state index in [0.717, 1.165) is 11.3 Å². The monoisotopic (exact) mass is 283 g/mol. The largest absolute Gasteiger partial charge is 0.380 e. The number of rotatable bonds is 4. The first-order valence-corrected chi connectivity index (χ1v) is 7.33. The highest BCUT2D eigenvalue weighted by Gasteiger charge is 2.06. The Labute approximate surface area is 121 Å². The molecule has 1 N–H and O–H groups in total. The highest BCUT2D eigenvalue weighted by Crippen LogP contribution is 2.31. The van der Waals surface area contributed by atoms with Crippen molar-refractivity contribution in [2.45, 2.75) is 6.54 Å². The van der Waals surface area contributed by atoms with Crippen molar-refractivity contribution in [3.8, 4) is 10.4 Å². The van der Waals surface area contributed by atoms with Crippen LogP contribution in [0.5, 0.6) is 0 Å². The molecular formula is C17H14FNS. The summed E-state index contributed by atoms with van der Waals surface area (Å²) in [6, 6.07) is 19.1. The van der Waals surface area contributed by atoms with Crippen molar-refractivity contribution in [3.63, 3.8) is 0 Å². The summed E-state index contributed by atoms with van der Waals surface area (Å²) in [6.45, 7) is 0.481. The van der Waals surface area contributed by atoms with Crippen molar-refractivity contribution in [2.24, 2.45) is 0 Å². The van der Waals surface area contributed by atoms with Crippen LogP contribution in [-0.2, 0) is 6.54 Å². The number of halogens is 1. The molecule has 0 spiro atoms. The minimum absolute atomic E-state index is 0.173. The zero-order valence-corrected chi connectivity index (χ0v) is 11.7. The van der Waals surface area contributed by atoms with E-state index in [4.69, 9.17) is 0 Å². The van der Waals surface area contributed by atoms with Crippen molar-refractivity contribution >= 4 is 17.0 Å². The maximum atomic E-state index is 13.6. The molecule has 3 rings (SSSR count). The van der Waals surface area contributed by atoms with E-state index in [1.54, 1.807) is 23.5 Å². The zero-order valence-electron chi connectivity index (χ0n) is 10.8. The van der Waals surface area contributed by atoms with Crippen molar-refractivity contribution in [3.05, 3.63) is 77.4 Å². The van der Waals surface area contributed by atoms with Gasteiger partial charge >= 0.3 is 0 Å². The van der Waals surface area contributed by atoms with Crippen molar-refractivity contribution in [1.29, 1.82) is 0 Å². The van der Waals surface area contributed by atoms with E-state index in [1.807, 2.05) is 30.3 Å². The first kappa shape index (κ1) is 12.9. The third kappa shape index (κ3) is 2.73. The fourth-order valence-electron chi connectivity index (χ4n) is 2.12. The number of para-hydroxylation sites is 1. The van der Waals surface area contributed by atoms with Gasteiger partial charge in [0.1, 0.15) is 5.82 Å². The zero-order chi connectivity index (χ0) is 13.8. The molecule has 0 aliphatic carbocycles. The molecule has 3 heteroatoms. The molecule has 0 aliphatic rings. The van der Waals surface area contributed by atoms with Crippen LogP contribution in [0.4, 0.5) is 10.1 Å². The molecular weight excluding hydrogens is 269 g/mol. The Morgan fingerprint density at radius 2 is 1.70 bits per heavy atom. The standard InChI is InChI=1S/C17H14FNS/c18-15-8-3-1-6-13(15)12-19-16-9-4-2-7-14(16)17-10-5-11-20-17/h1-11,19H,12H2. The fraction of sp³-hybridized carbons (Fsp3) is 0.0588. The molecule has 0 aliphatic heterocycles. The smallest absolute Gasteiger partial charge is 0.128 e. The van der Waals surface area contributed by atoms with Crippen LogP contribution in [0.3, 0.4) is 0 Å². The van der Waals surface area contributed by atoms with Crippen LogP contribution in [0, 0.1) is 5.82 Å². The van der Waals surface area contributed by atoms with E-state index in [-0.39, 0.29) is 5.82 Å². The Bertz CT molecular complexity index is 692. The molecule has 2 aromatic carbocycles. The van der Waals surface area contributed by atoms with Gasteiger partial charge in [-0.2, -0.15) is 0 Å². The maximum Gasteiger partial charge on any atom is 0.128 e. The van der Waals surface area contributed by atoms with E-state index in [2.05, 4.69) is 22.8 Å². The predicted octanol–water partition coefficient (Wildman–Crippen LogP) is 5.17. The number of thiophene rings is 1. The summed E-state index contributed by atoms with van der Waals surface area (Å²) >= 11 is 1.70. The highest BCUT2D eigenvalue weighted by atomic mass is 32.1. The van der Waals surface area contributed by atoms with E-state index >= 15 is 0 Å². The summed E-state index contributed by atoms with van der Waals surface area (Å²) in [7, 11) is 0. The molecule has 0 amide bonds. The van der Waals surface area contributed by atoms with Crippen LogP contribution in [0.1, 0.15) is 5.56 Å². The van der Waals surface area contributed by atoms with Crippen LogP contribution >= 0.6 is 11.3 Å². The van der Waals surface area contributed by atoms with E-state index in [0.29, 0.717) is 12.1 Å². The van der Waals surface area contributed by atoms with Crippen molar-refractivity contribution < 1.29 is 4.39 Å². The van der Waals surface area contributed by atoms with Gasteiger partial charge in [-0.15, -0.1) is 11.3 Å². The summed E-state index contributed by atoms with van der Waals surface area (Å²) in [5.74, 6) is -0.173. The van der Waals surface area contributed by atoms with E-state index in [1.165, 1.54) is 10.9 Å². The number of anilines is 1. The maximum absolute atomic E-state index is 13.6. The first-order valence-electron chi connectivity index (χ1n) is 6.45. The lowest BCUT2D eigenvalue weighted by atomic mass is 10.1. The third-order valence-corrected chi connectivity index (χ3v) is 4.04. The Kier molecular flexibility index (Phi) is 3.79. The summed E-state index contributed by atoms with van der Waals surface area (Å²) < 4.78 is 13.6. The summed E-state index contributed by atoms with van der Waals surface area (Å²) in [4.78, 5) is 1.21. The summed E-state index contributed by atoms with van der Waals surface area (Å²) in [6.07, 6.45) is 0. The van der Waals surface area contributed by atoms with Crippen LogP contribution in [0.15, 0.2) is 66.0 Å². The lowest BCUT2D eigenvalue weighted by Crippen LogP contribution is -2.02. The predicted molar refractivity (Wildman–Crippen MR) is 83.5 cm³/mol. The van der Waals surface area contributed by atoms with Gasteiger partial charge in [0.2, 0.25) is 0 Å². The SMILES string of the molecule is Fc1ccccc1CNc1ccccc1-c1cccs1. The molecule has 100 valence electrons. The lowest BCUT2D eigenvalue weighted by molar-refractivity contribution is 0.613. The molecule has 0 saturated heterocycles. The van der Waals surface area contributed by atoms with Gasteiger partial charge < -0.3 is 5.32 Å². The normalized spacial score (nSPS) is 10.4. The number of benzene rings is 2. The Morgan fingerprint density at radius 3 is 2.50 bits per heavy atom. The molecule has 3 aromatic rings. The minimum Gasteiger partial charge on any atom is -0.380 e. The Hall–Kier alpha value is -2.13. The van der Waals surface area contributed by atoms with Crippen LogP contribution in [-0.4, -0.2) is 0 Å². The molecule has 1 heterocycles. The lowest BCUT2D eigenvalue weighted by Gasteiger charge is -2.11. The second-order valence-corrected chi connectivity index (χ2v) is 5.42. The van der Waals surface area contributed by atoms with Gasteiger partial charge in [0.15, 0.2) is 0 Å². The van der Waals surface area contributed by atoms with Gasteiger partial charge in [-0.05, 0) is 23.6 Å². The summed E-state index contributed by atoms with van der Waals surface area (Å²) in [5.41, 5.74) is 2.85. The second-order valence-electron chi connectivity index (χ2n) is 4.47. The third-order valence-electron chi connectivity index (χ3n) is 3.14. The van der Waals surface area contributed by atoms with Gasteiger partial charge in [0.05, 0.1) is 0 Å². The Balaban J connectivity index is 1.84. The number of nitrogens with one attached hydrogen (secondary N) is 1. The molecule has 20 heavy (non-hydrogen) atoms. The number of hydrogen-bond donors (Lipinski definition) is 1. The Morgan fingerprint density at radius 1 is 0.900 bits per heavy atom. The molecule has 0 atom stereocenters. The van der Waals surface area contributed by atoms with Gasteiger partial charge in [-0.1, -0.05) is 42.5 Å². The van der Waals surface area contributed by atoms with Crippen molar-refractivity contribution in [2.75, 3.05) is 5.32 Å². The van der Waals surface area contributed by atoms with Crippen LogP contribution < -0.4 is 5.32 Å². The molecule has 0 radical (unpaired) electrons. The van der Waals surface area contributed by atoms with Crippen LogP contribution in [0.2, 0.25) is 0 Å². The fourth-order valence-corrected chi connectivity index (χ4v) is 2.88. The summed E-state index contributed by atoms with van der Waals surface area (Å²) in [5, 5.41) is 5.38. The average molecular weight is 283 g/mol. The molecule has 0 bridgehead atoms. The topological polar surface area (TPSA) is 12.0 Å². The van der Waals surface area contributed by atoms with Crippen LogP contribution in [0.25, 0.3) is 10.4 Å². The average Bonchev–Trinajstić information content (AvgIpc) is 3.01. The second kappa shape index (κ2) is 5.88. The van der Waals surface area contributed by atoms with E-state index in [9.17, 15) is 4.39 Å². The number of hydrogen-bond acceptors (Lipinski definition) is 2. The van der Waals surface area contributed by atoms with Gasteiger partial charge in [-0.3, -0.25) is 0 Å². The minimum atomic E-state index is -0.173.